The van der Waals surface area contributed by atoms with E-state index in [1.807, 2.05) is 0 Å². The van der Waals surface area contributed by atoms with Crippen molar-refractivity contribution in [1.29, 1.82) is 0 Å². The highest BCUT2D eigenvalue weighted by atomic mass is 16.7. The Bertz CT molecular complexity index is 1570. The summed E-state index contributed by atoms with van der Waals surface area (Å²) >= 11 is 0. The smallest absolute Gasteiger partial charge is 0.239 e. The number of ether oxygens (including phenoxy) is 4. The Morgan fingerprint density at radius 1 is 0.705 bits per heavy atom. The lowest BCUT2D eigenvalue weighted by atomic mass is 9.98. The monoisotopic (exact) mass is 626 g/mol. The number of phenolic OH excluding ortho intramolecular Hbond substituents is 5. The van der Waals surface area contributed by atoms with Crippen molar-refractivity contribution in [3.63, 3.8) is 0 Å². The first-order chi connectivity index (χ1) is 20.7. The van der Waals surface area contributed by atoms with Crippen LogP contribution in [0.5, 0.6) is 34.5 Å². The predicted molar refractivity (Wildman–Crippen MR) is 142 cm³/mol. The van der Waals surface area contributed by atoms with Gasteiger partial charge >= 0.3 is 0 Å². The lowest BCUT2D eigenvalue weighted by Crippen LogP contribution is -2.61. The molecule has 11 N–H and O–H groups in total. The highest BCUT2D eigenvalue weighted by molar-refractivity contribution is 5.95. The van der Waals surface area contributed by atoms with Crippen molar-refractivity contribution >= 4 is 11.0 Å². The second-order valence-corrected chi connectivity index (χ2v) is 10.4. The molecule has 2 fully saturated rings. The van der Waals surface area contributed by atoms with Crippen LogP contribution in [0.1, 0.15) is 6.92 Å². The minimum Gasteiger partial charge on any atom is -0.508 e. The minimum atomic E-state index is -2.02. The van der Waals surface area contributed by atoms with E-state index in [1.165, 1.54) is 31.2 Å². The van der Waals surface area contributed by atoms with E-state index in [2.05, 4.69) is 0 Å². The fourth-order valence-corrected chi connectivity index (χ4v) is 4.87. The number of hydrogen-bond acceptors (Lipinski definition) is 17. The summed E-state index contributed by atoms with van der Waals surface area (Å²) in [5, 5.41) is 111. The van der Waals surface area contributed by atoms with E-state index in [4.69, 9.17) is 23.4 Å². The van der Waals surface area contributed by atoms with Gasteiger partial charge in [0.25, 0.3) is 0 Å². The maximum absolute atomic E-state index is 13.6. The topological polar surface area (TPSA) is 290 Å². The molecule has 10 atom stereocenters. The molecule has 17 nitrogen and oxygen atoms in total. The van der Waals surface area contributed by atoms with Crippen LogP contribution in [0.3, 0.4) is 0 Å². The summed E-state index contributed by atoms with van der Waals surface area (Å²) < 4.78 is 27.6. The molecule has 3 aromatic rings. The van der Waals surface area contributed by atoms with E-state index >= 15 is 0 Å². The number of aliphatic hydroxyl groups is 6. The van der Waals surface area contributed by atoms with Gasteiger partial charge in [-0.05, 0) is 31.2 Å². The van der Waals surface area contributed by atoms with E-state index in [1.54, 1.807) is 0 Å². The van der Waals surface area contributed by atoms with E-state index in [0.29, 0.717) is 0 Å². The Kier molecular flexibility index (Phi) is 8.51. The van der Waals surface area contributed by atoms with Gasteiger partial charge in [0.15, 0.2) is 23.4 Å². The predicted octanol–water partition coefficient (Wildman–Crippen LogP) is -1.98. The number of hydrogen-bond donors (Lipinski definition) is 11. The zero-order valence-corrected chi connectivity index (χ0v) is 22.7. The Balaban J connectivity index is 1.51. The third-order valence-electron chi connectivity index (χ3n) is 7.46. The fraction of sp³-hybridized carbons (Fsp3) is 0.444. The first-order valence-corrected chi connectivity index (χ1v) is 13.2. The molecule has 0 aliphatic carbocycles. The number of aliphatic hydroxyl groups excluding tert-OH is 6. The standard InChI is InChI=1S/C27H30O17/c1-7-12(29)16(33)21(38)26(41-7)40-6-10-13(30)17(34)22(39)27(42-10)44-25-15(32)11-14(31)18(35)19(36)20(37)24(11)43-23(25)8-2-4-9(28)5-3-8/h2-5,7,10,12-13,16-17,21-22,26-31,33-39H,6H2,1H3. The molecule has 0 amide bonds. The maximum atomic E-state index is 13.6. The summed E-state index contributed by atoms with van der Waals surface area (Å²) in [7, 11) is 0. The molecule has 2 aromatic carbocycles. The van der Waals surface area contributed by atoms with Crippen LogP contribution in [-0.4, -0.2) is 124 Å². The largest absolute Gasteiger partial charge is 0.508 e. The molecule has 1 aromatic heterocycles. The molecule has 0 saturated carbocycles. The van der Waals surface area contributed by atoms with Gasteiger partial charge in [0.2, 0.25) is 34.7 Å². The van der Waals surface area contributed by atoms with Crippen molar-refractivity contribution in [3.05, 3.63) is 34.5 Å². The first kappa shape index (κ1) is 31.5. The van der Waals surface area contributed by atoms with Crippen molar-refractivity contribution in [2.24, 2.45) is 0 Å². The summed E-state index contributed by atoms with van der Waals surface area (Å²) in [5.41, 5.74) is -1.98. The molecule has 2 aliphatic heterocycles. The number of benzene rings is 2. The normalized spacial score (nSPS) is 32.5. The third-order valence-corrected chi connectivity index (χ3v) is 7.46. The third kappa shape index (κ3) is 5.34. The minimum absolute atomic E-state index is 0.0346. The lowest BCUT2D eigenvalue weighted by molar-refractivity contribution is -0.318. The summed E-state index contributed by atoms with van der Waals surface area (Å²) in [5.74, 6) is -6.21. The fourth-order valence-electron chi connectivity index (χ4n) is 4.87. The molecule has 3 heterocycles. The Hall–Kier alpha value is -3.91. The second kappa shape index (κ2) is 11.9. The highest BCUT2D eigenvalue weighted by Gasteiger charge is 2.48. The van der Waals surface area contributed by atoms with E-state index < -0.39 is 119 Å². The zero-order chi connectivity index (χ0) is 32.2. The van der Waals surface area contributed by atoms with E-state index in [-0.39, 0.29) is 11.3 Å². The second-order valence-electron chi connectivity index (χ2n) is 10.4. The van der Waals surface area contributed by atoms with Gasteiger partial charge in [-0.15, -0.1) is 0 Å². The van der Waals surface area contributed by atoms with Crippen LogP contribution in [-0.2, 0) is 14.2 Å². The van der Waals surface area contributed by atoms with Gasteiger partial charge in [-0.25, -0.2) is 0 Å². The van der Waals surface area contributed by atoms with Crippen molar-refractivity contribution in [3.8, 4) is 45.8 Å². The maximum Gasteiger partial charge on any atom is 0.239 e. The Labute approximate surface area is 246 Å². The summed E-state index contributed by atoms with van der Waals surface area (Å²) in [6, 6.07) is 4.93. The van der Waals surface area contributed by atoms with Crippen LogP contribution in [0.15, 0.2) is 33.5 Å². The summed E-state index contributed by atoms with van der Waals surface area (Å²) in [4.78, 5) is 13.6. The van der Waals surface area contributed by atoms with Crippen LogP contribution in [0, 0.1) is 0 Å². The van der Waals surface area contributed by atoms with Gasteiger partial charge in [-0.2, -0.15) is 0 Å². The summed E-state index contributed by atoms with van der Waals surface area (Å²) in [6.45, 7) is 0.770. The lowest BCUT2D eigenvalue weighted by Gasteiger charge is -2.42. The molecule has 240 valence electrons. The van der Waals surface area contributed by atoms with Crippen LogP contribution in [0.25, 0.3) is 22.3 Å². The average molecular weight is 627 g/mol. The number of aromatic hydroxyl groups is 5. The summed E-state index contributed by atoms with van der Waals surface area (Å²) in [6.07, 6.45) is -16.5. The SMILES string of the molecule is CC1OC(OCC2OC(Oc3c(-c4ccc(O)cc4)oc4c(O)c(O)c(O)c(O)c4c3=O)C(O)C(O)C2O)C(O)C(O)C1O. The zero-order valence-electron chi connectivity index (χ0n) is 22.7. The van der Waals surface area contributed by atoms with E-state index in [9.17, 15) is 61.0 Å². The molecule has 0 spiro atoms. The van der Waals surface area contributed by atoms with Gasteiger partial charge in [-0.3, -0.25) is 4.79 Å². The van der Waals surface area contributed by atoms with Crippen LogP contribution in [0.2, 0.25) is 0 Å². The molecular formula is C27H30O17. The molecule has 0 bridgehead atoms. The van der Waals surface area contributed by atoms with Crippen LogP contribution < -0.4 is 10.2 Å². The Morgan fingerprint density at radius 3 is 1.95 bits per heavy atom. The molecule has 10 unspecified atom stereocenters. The number of rotatable bonds is 6. The van der Waals surface area contributed by atoms with Crippen molar-refractivity contribution in [2.45, 2.75) is 68.3 Å². The van der Waals surface area contributed by atoms with Crippen molar-refractivity contribution in [2.75, 3.05) is 6.61 Å². The van der Waals surface area contributed by atoms with Crippen molar-refractivity contribution in [1.82, 2.24) is 0 Å². The van der Waals surface area contributed by atoms with Gasteiger partial charge < -0.3 is 79.5 Å². The van der Waals surface area contributed by atoms with Gasteiger partial charge in [-0.1, -0.05) is 0 Å². The van der Waals surface area contributed by atoms with E-state index in [0.717, 1.165) is 0 Å². The molecule has 2 saturated heterocycles. The first-order valence-electron chi connectivity index (χ1n) is 13.2. The number of phenols is 5. The van der Waals surface area contributed by atoms with Gasteiger partial charge in [0.1, 0.15) is 53.9 Å². The average Bonchev–Trinajstić information content (AvgIpc) is 3.00. The van der Waals surface area contributed by atoms with Gasteiger partial charge in [0, 0.05) is 5.56 Å². The molecule has 2 aliphatic rings. The highest BCUT2D eigenvalue weighted by Crippen LogP contribution is 2.49. The Morgan fingerprint density at radius 2 is 1.30 bits per heavy atom. The van der Waals surface area contributed by atoms with Crippen molar-refractivity contribution < 1.29 is 79.5 Å². The molecule has 5 rings (SSSR count). The molecular weight excluding hydrogens is 596 g/mol. The number of fused-ring (bicyclic) bond motifs is 1. The molecule has 17 heteroatoms. The molecule has 44 heavy (non-hydrogen) atoms. The van der Waals surface area contributed by atoms with Crippen LogP contribution in [0.4, 0.5) is 0 Å². The van der Waals surface area contributed by atoms with Gasteiger partial charge in [0.05, 0.1) is 12.7 Å². The quantitative estimate of drug-likeness (QED) is 0.104. The van der Waals surface area contributed by atoms with Crippen LogP contribution >= 0.6 is 0 Å². The molecule has 0 radical (unpaired) electrons.